The van der Waals surface area contributed by atoms with Gasteiger partial charge in [-0.2, -0.15) is 0 Å². The molecule has 0 aliphatic carbocycles. The van der Waals surface area contributed by atoms with E-state index in [9.17, 15) is 9.59 Å². The van der Waals surface area contributed by atoms with Gasteiger partial charge < -0.3 is 4.74 Å². The topological polar surface area (TPSA) is 43.4 Å². The molecule has 0 N–H and O–H groups in total. The third-order valence-corrected chi connectivity index (χ3v) is 2.78. The number of ether oxygens (including phenoxy) is 1. The first kappa shape index (κ1) is 15.4. The van der Waals surface area contributed by atoms with Crippen molar-refractivity contribution in [2.75, 3.05) is 12.5 Å². The van der Waals surface area contributed by atoms with Crippen molar-refractivity contribution in [1.29, 1.82) is 0 Å². The van der Waals surface area contributed by atoms with Crippen LogP contribution in [0.4, 0.5) is 0 Å². The minimum absolute atomic E-state index is 0.0654. The quantitative estimate of drug-likeness (QED) is 0.377. The first-order chi connectivity index (χ1) is 7.44. The maximum atomic E-state index is 11.5. The summed E-state index contributed by atoms with van der Waals surface area (Å²) in [7, 11) is 0. The second kappa shape index (κ2) is 7.66. The molecule has 0 amide bonds. The van der Waals surface area contributed by atoms with Crippen molar-refractivity contribution in [2.24, 2.45) is 5.41 Å². The zero-order chi connectivity index (χ0) is 12.6. The minimum Gasteiger partial charge on any atom is -0.466 e. The molecule has 0 saturated carbocycles. The van der Waals surface area contributed by atoms with Gasteiger partial charge in [-0.05, 0) is 33.6 Å². The molecule has 0 spiro atoms. The highest BCUT2D eigenvalue weighted by atomic mass is 35.5. The molecule has 0 aromatic rings. The van der Waals surface area contributed by atoms with E-state index in [2.05, 4.69) is 0 Å². The molecule has 4 heteroatoms. The van der Waals surface area contributed by atoms with Gasteiger partial charge in [0.05, 0.1) is 17.9 Å². The molecule has 3 nitrogen and oxygen atoms in total. The number of halogens is 1. The smallest absolute Gasteiger partial charge is 0.311 e. The molecule has 16 heavy (non-hydrogen) atoms. The Morgan fingerprint density at radius 1 is 1.25 bits per heavy atom. The van der Waals surface area contributed by atoms with Gasteiger partial charge in [0.25, 0.3) is 0 Å². The molecule has 94 valence electrons. The standard InChI is InChI=1S/C12H21ClO3/c1-4-16-11(15)12(2,3)8-6-5-7-10(14)9-13/h4-9H2,1-3H3. The Hall–Kier alpha value is -0.570. The Bertz CT molecular complexity index is 236. The molecule has 0 rings (SSSR count). The highest BCUT2D eigenvalue weighted by Crippen LogP contribution is 2.25. The van der Waals surface area contributed by atoms with Crippen LogP contribution < -0.4 is 0 Å². The number of carbonyl (C=O) groups excluding carboxylic acids is 2. The van der Waals surface area contributed by atoms with Gasteiger partial charge in [-0.15, -0.1) is 11.6 Å². The van der Waals surface area contributed by atoms with Gasteiger partial charge in [0.1, 0.15) is 5.78 Å². The fourth-order valence-electron chi connectivity index (χ4n) is 1.38. The Morgan fingerprint density at radius 2 is 1.88 bits per heavy atom. The maximum absolute atomic E-state index is 11.5. The molecule has 0 radical (unpaired) electrons. The third kappa shape index (κ3) is 6.11. The SMILES string of the molecule is CCOC(=O)C(C)(C)CCCCC(=O)CCl. The van der Waals surface area contributed by atoms with Crippen LogP contribution in [-0.2, 0) is 14.3 Å². The summed E-state index contributed by atoms with van der Waals surface area (Å²) in [6.45, 7) is 5.95. The zero-order valence-corrected chi connectivity index (χ0v) is 11.1. The molecular formula is C12H21ClO3. The summed E-state index contributed by atoms with van der Waals surface area (Å²) >= 11 is 5.39. The second-order valence-corrected chi connectivity index (χ2v) is 4.75. The molecule has 0 aromatic carbocycles. The summed E-state index contributed by atoms with van der Waals surface area (Å²) < 4.78 is 4.98. The lowest BCUT2D eigenvalue weighted by Gasteiger charge is -2.21. The first-order valence-electron chi connectivity index (χ1n) is 5.69. The van der Waals surface area contributed by atoms with Crippen LogP contribution in [0.5, 0.6) is 0 Å². The molecule has 0 unspecified atom stereocenters. The highest BCUT2D eigenvalue weighted by molar-refractivity contribution is 6.27. The summed E-state index contributed by atoms with van der Waals surface area (Å²) in [6.07, 6.45) is 2.87. The van der Waals surface area contributed by atoms with Crippen molar-refractivity contribution in [2.45, 2.75) is 46.5 Å². The summed E-state index contributed by atoms with van der Waals surface area (Å²) in [6, 6.07) is 0. The van der Waals surface area contributed by atoms with Gasteiger partial charge in [0.2, 0.25) is 0 Å². The van der Waals surface area contributed by atoms with Crippen molar-refractivity contribution in [3.05, 3.63) is 0 Å². The van der Waals surface area contributed by atoms with Gasteiger partial charge in [-0.25, -0.2) is 0 Å². The largest absolute Gasteiger partial charge is 0.466 e. The summed E-state index contributed by atoms with van der Waals surface area (Å²) in [5.74, 6) is -0.0179. The minimum atomic E-state index is -0.458. The molecule has 0 saturated heterocycles. The number of rotatable bonds is 8. The van der Waals surface area contributed by atoms with Crippen LogP contribution in [0.1, 0.15) is 46.5 Å². The second-order valence-electron chi connectivity index (χ2n) is 4.48. The van der Waals surface area contributed by atoms with Crippen LogP contribution >= 0.6 is 11.6 Å². The maximum Gasteiger partial charge on any atom is 0.311 e. The molecule has 0 aliphatic heterocycles. The van der Waals surface area contributed by atoms with Crippen LogP contribution in [0.3, 0.4) is 0 Å². The number of unbranched alkanes of at least 4 members (excludes halogenated alkanes) is 1. The van der Waals surface area contributed by atoms with E-state index in [0.717, 1.165) is 19.3 Å². The van der Waals surface area contributed by atoms with Gasteiger partial charge in [-0.1, -0.05) is 6.42 Å². The Balaban J connectivity index is 3.82. The number of alkyl halides is 1. The monoisotopic (exact) mass is 248 g/mol. The van der Waals surface area contributed by atoms with Gasteiger partial charge in [-0.3, -0.25) is 9.59 Å². The Labute approximate surface area is 102 Å². The lowest BCUT2D eigenvalue weighted by Crippen LogP contribution is -2.26. The molecule has 0 heterocycles. The summed E-state index contributed by atoms with van der Waals surface area (Å²) in [5.41, 5.74) is -0.458. The van der Waals surface area contributed by atoms with E-state index >= 15 is 0 Å². The summed E-state index contributed by atoms with van der Waals surface area (Å²) in [5, 5.41) is 0. The number of carbonyl (C=O) groups is 2. The molecule has 0 aromatic heterocycles. The highest BCUT2D eigenvalue weighted by Gasteiger charge is 2.28. The van der Waals surface area contributed by atoms with E-state index in [1.54, 1.807) is 6.92 Å². The molecule has 0 aliphatic rings. The predicted octanol–water partition coefficient (Wildman–Crippen LogP) is 2.94. The normalized spacial score (nSPS) is 11.2. The van der Waals surface area contributed by atoms with E-state index in [0.29, 0.717) is 13.0 Å². The van der Waals surface area contributed by atoms with Crippen molar-refractivity contribution in [3.63, 3.8) is 0 Å². The molecular weight excluding hydrogens is 228 g/mol. The van der Waals surface area contributed by atoms with Crippen LogP contribution in [0.2, 0.25) is 0 Å². The number of ketones is 1. The predicted molar refractivity (Wildman–Crippen MR) is 64.6 cm³/mol. The fourth-order valence-corrected chi connectivity index (χ4v) is 1.52. The number of esters is 1. The van der Waals surface area contributed by atoms with Crippen molar-refractivity contribution < 1.29 is 14.3 Å². The van der Waals surface area contributed by atoms with Gasteiger partial charge in [0, 0.05) is 6.42 Å². The van der Waals surface area contributed by atoms with E-state index in [4.69, 9.17) is 16.3 Å². The van der Waals surface area contributed by atoms with E-state index in [1.165, 1.54) is 0 Å². The zero-order valence-electron chi connectivity index (χ0n) is 10.3. The lowest BCUT2D eigenvalue weighted by molar-refractivity contribution is -0.153. The average molecular weight is 249 g/mol. The van der Waals surface area contributed by atoms with Crippen molar-refractivity contribution in [3.8, 4) is 0 Å². The van der Waals surface area contributed by atoms with E-state index < -0.39 is 5.41 Å². The molecule has 0 fully saturated rings. The van der Waals surface area contributed by atoms with Crippen LogP contribution in [-0.4, -0.2) is 24.2 Å². The average Bonchev–Trinajstić information content (AvgIpc) is 2.24. The van der Waals surface area contributed by atoms with Crippen LogP contribution in [0, 0.1) is 5.41 Å². The van der Waals surface area contributed by atoms with Gasteiger partial charge >= 0.3 is 5.97 Å². The number of hydrogen-bond donors (Lipinski definition) is 0. The van der Waals surface area contributed by atoms with E-state index in [1.807, 2.05) is 13.8 Å². The van der Waals surface area contributed by atoms with Crippen molar-refractivity contribution >= 4 is 23.4 Å². The van der Waals surface area contributed by atoms with Gasteiger partial charge in [0.15, 0.2) is 0 Å². The Kier molecular flexibility index (Phi) is 7.39. The van der Waals surface area contributed by atoms with E-state index in [-0.39, 0.29) is 17.6 Å². The fraction of sp³-hybridized carbons (Fsp3) is 0.833. The summed E-state index contributed by atoms with van der Waals surface area (Å²) in [4.78, 5) is 22.5. The Morgan fingerprint density at radius 3 is 2.38 bits per heavy atom. The lowest BCUT2D eigenvalue weighted by atomic mass is 9.87. The molecule has 0 atom stereocenters. The van der Waals surface area contributed by atoms with Crippen molar-refractivity contribution in [1.82, 2.24) is 0 Å². The first-order valence-corrected chi connectivity index (χ1v) is 6.22. The molecule has 0 bridgehead atoms. The third-order valence-electron chi connectivity index (χ3n) is 2.48. The number of hydrogen-bond acceptors (Lipinski definition) is 3. The number of Topliss-reactive ketones (excluding diaryl/α,β-unsaturated/α-hetero) is 1. The van der Waals surface area contributed by atoms with Crippen LogP contribution in [0.15, 0.2) is 0 Å². The van der Waals surface area contributed by atoms with Crippen LogP contribution in [0.25, 0.3) is 0 Å².